The van der Waals surface area contributed by atoms with Crippen LogP contribution in [0.15, 0.2) is 36.4 Å². The fourth-order valence-corrected chi connectivity index (χ4v) is 3.86. The molecule has 0 aliphatic carbocycles. The Morgan fingerprint density at radius 2 is 2.00 bits per heavy atom. The Bertz CT molecular complexity index is 1340. The highest BCUT2D eigenvalue weighted by Crippen LogP contribution is 2.36. The van der Waals surface area contributed by atoms with Gasteiger partial charge in [0.15, 0.2) is 0 Å². The number of anilines is 1. The van der Waals surface area contributed by atoms with E-state index in [9.17, 15) is 22.8 Å². The van der Waals surface area contributed by atoms with Gasteiger partial charge in [-0.15, -0.1) is 0 Å². The van der Waals surface area contributed by atoms with Crippen LogP contribution in [0.25, 0.3) is 0 Å². The van der Waals surface area contributed by atoms with Crippen LogP contribution in [0, 0.1) is 6.92 Å². The largest absolute Gasteiger partial charge is 0.496 e. The number of rotatable bonds is 6. The Morgan fingerprint density at radius 3 is 2.60 bits per heavy atom. The molecule has 3 rings (SSSR count). The third-order valence-corrected chi connectivity index (χ3v) is 5.05. The van der Waals surface area contributed by atoms with Crippen LogP contribution >= 0.6 is 0 Å². The number of nitrogens with one attached hydrogen (secondary N) is 1. The number of aryl methyl sites for hydroxylation is 1. The number of hydrogen-bond donors (Lipinski definition) is 1. The van der Waals surface area contributed by atoms with Gasteiger partial charge in [-0.1, -0.05) is 18.2 Å². The van der Waals surface area contributed by atoms with Gasteiger partial charge in [0.05, 0.1) is 35.7 Å². The Hall–Kier alpha value is -3.20. The van der Waals surface area contributed by atoms with Gasteiger partial charge in [0, 0.05) is 20.0 Å². The van der Waals surface area contributed by atoms with Crippen molar-refractivity contribution in [3.8, 4) is 5.75 Å². The average Bonchev–Trinajstić information content (AvgIpc) is 2.98. The minimum Gasteiger partial charge on any atom is -0.496 e. The summed E-state index contributed by atoms with van der Waals surface area (Å²) in [5, 5.41) is 2.42. The number of fused-ring (bicyclic) bond motifs is 1. The first-order valence-electron chi connectivity index (χ1n) is 11.2. The lowest BCUT2D eigenvalue weighted by atomic mass is 10.0. The Labute approximate surface area is 181 Å². The highest BCUT2D eigenvalue weighted by Gasteiger charge is 2.43. The molecule has 0 bridgehead atoms. The van der Waals surface area contributed by atoms with Crippen LogP contribution in [0.2, 0.25) is 0 Å². The second-order valence-corrected chi connectivity index (χ2v) is 7.89. The summed E-state index contributed by atoms with van der Waals surface area (Å²) < 4.78 is 70.1. The normalized spacial score (nSPS) is 17.8. The molecule has 0 radical (unpaired) electrons. The van der Waals surface area contributed by atoms with E-state index in [1.807, 2.05) is 0 Å². The molecule has 0 saturated carbocycles. The quantitative estimate of drug-likeness (QED) is 0.698. The van der Waals surface area contributed by atoms with E-state index in [1.54, 1.807) is 6.92 Å². The number of carbonyl (C=O) groups excluding carboxylic acids is 3. The molecule has 1 heterocycles. The lowest BCUT2D eigenvalue weighted by molar-refractivity contribution is -0.114. The molecule has 0 unspecified atom stereocenters. The van der Waals surface area contributed by atoms with Crippen LogP contribution in [-0.4, -0.2) is 50.0 Å². The third-order valence-electron chi connectivity index (χ3n) is 4.52. The summed E-state index contributed by atoms with van der Waals surface area (Å²) in [6, 6.07) is 5.79. The summed E-state index contributed by atoms with van der Waals surface area (Å²) in [5.74, 6) is -2.31. The first-order valence-corrected chi connectivity index (χ1v) is 10.2. The van der Waals surface area contributed by atoms with Gasteiger partial charge < -0.3 is 10.1 Å². The molecule has 2 aromatic carbocycles. The molecule has 1 N–H and O–H groups in total. The van der Waals surface area contributed by atoms with Gasteiger partial charge in [0.25, 0.3) is 11.8 Å². The maximum atomic E-state index is 13.5. The van der Waals surface area contributed by atoms with Gasteiger partial charge in [-0.3, -0.25) is 19.3 Å². The maximum absolute atomic E-state index is 13.5. The lowest BCUT2D eigenvalue weighted by Crippen LogP contribution is -2.37. The summed E-state index contributed by atoms with van der Waals surface area (Å²) in [7, 11) is -4.19. The molecule has 0 fully saturated rings. The predicted octanol–water partition coefficient (Wildman–Crippen LogP) is 2.34. The van der Waals surface area contributed by atoms with Crippen LogP contribution in [0.1, 0.15) is 51.7 Å². The fourth-order valence-electron chi connectivity index (χ4n) is 3.32. The number of carbonyl (C=O) groups is 3. The number of ether oxygens (including phenoxy) is 1. The smallest absolute Gasteiger partial charge is 0.264 e. The zero-order valence-corrected chi connectivity index (χ0v) is 17.2. The molecule has 2 aromatic rings. The number of amides is 3. The number of imide groups is 1. The van der Waals surface area contributed by atoms with Gasteiger partial charge in [0.2, 0.25) is 5.91 Å². The highest BCUT2D eigenvalue weighted by atomic mass is 32.2. The van der Waals surface area contributed by atoms with Crippen LogP contribution < -0.4 is 10.1 Å². The van der Waals surface area contributed by atoms with Crippen LogP contribution in [-0.2, 0) is 14.6 Å². The van der Waals surface area contributed by atoms with Gasteiger partial charge in [-0.2, -0.15) is 0 Å². The first-order chi connectivity index (χ1) is 16.1. The Kier molecular flexibility index (Phi) is 4.12. The number of hydrogen-bond acceptors (Lipinski definition) is 6. The SMILES string of the molecule is [2H]C([2H])([2H])S(=O)(=O)C([2H])([2H])[C@H](c1ccc(OC)c(C)c1)N1C(=O)c2cccc(NC(C)=O)c2C1=O. The fraction of sp³-hybridized carbons (Fsp3) is 0.286. The Balaban J connectivity index is 2.30. The molecule has 1 aliphatic heterocycles. The highest BCUT2D eigenvalue weighted by molar-refractivity contribution is 7.90. The monoisotopic (exact) mass is 435 g/mol. The van der Waals surface area contributed by atoms with Crippen LogP contribution in [0.5, 0.6) is 5.75 Å². The predicted molar refractivity (Wildman–Crippen MR) is 111 cm³/mol. The van der Waals surface area contributed by atoms with Gasteiger partial charge in [-0.25, -0.2) is 8.42 Å². The third kappa shape index (κ3) is 4.06. The molecule has 0 aromatic heterocycles. The summed E-state index contributed by atoms with van der Waals surface area (Å²) in [5.41, 5.74) is -3.83. The first kappa shape index (κ1) is 15.6. The molecule has 3 amide bonds. The van der Waals surface area contributed by atoms with Gasteiger partial charge in [0.1, 0.15) is 15.6 Å². The van der Waals surface area contributed by atoms with Crippen molar-refractivity contribution in [1.29, 1.82) is 0 Å². The van der Waals surface area contributed by atoms with Crippen LogP contribution in [0.4, 0.5) is 5.69 Å². The summed E-state index contributed by atoms with van der Waals surface area (Å²) in [4.78, 5) is 38.8. The van der Waals surface area contributed by atoms with Crippen molar-refractivity contribution in [1.82, 2.24) is 4.90 Å². The van der Waals surface area contributed by atoms with E-state index in [2.05, 4.69) is 5.32 Å². The van der Waals surface area contributed by atoms with E-state index in [0.717, 1.165) is 0 Å². The standard InChI is InChI=1S/C21H22N2O6S/c1-12-10-14(8-9-18(12)29-3)17(11-30(4,27)28)23-20(25)15-6-5-7-16(22-13(2)24)19(15)21(23)26/h5-10,17H,11H2,1-4H3,(H,22,24)/t17-/m1/s1/i4D3,11D2. The second kappa shape index (κ2) is 7.91. The minimum absolute atomic E-state index is 0.0280. The summed E-state index contributed by atoms with van der Waals surface area (Å²) in [6.45, 7) is 2.76. The molecular weight excluding hydrogens is 408 g/mol. The van der Waals surface area contributed by atoms with Crippen LogP contribution in [0.3, 0.4) is 0 Å². The van der Waals surface area contributed by atoms with E-state index >= 15 is 0 Å². The number of nitrogens with zero attached hydrogens (tertiary/aromatic N) is 1. The average molecular weight is 436 g/mol. The van der Waals surface area contributed by atoms with Gasteiger partial charge in [-0.05, 0) is 36.2 Å². The molecule has 0 saturated heterocycles. The van der Waals surface area contributed by atoms with Crippen molar-refractivity contribution < 1.29 is 34.4 Å². The van der Waals surface area contributed by atoms with E-state index in [0.29, 0.717) is 16.2 Å². The topological polar surface area (TPSA) is 110 Å². The second-order valence-electron chi connectivity index (χ2n) is 6.64. The number of sulfone groups is 1. The van der Waals surface area contributed by atoms with Crippen molar-refractivity contribution in [2.24, 2.45) is 0 Å². The van der Waals surface area contributed by atoms with Crippen molar-refractivity contribution in [3.05, 3.63) is 58.7 Å². The molecule has 158 valence electrons. The summed E-state index contributed by atoms with van der Waals surface area (Å²) >= 11 is 0. The molecule has 1 atom stereocenters. The molecule has 8 nitrogen and oxygen atoms in total. The lowest BCUT2D eigenvalue weighted by Gasteiger charge is -2.26. The van der Waals surface area contributed by atoms with E-state index < -0.39 is 45.5 Å². The zero-order chi connectivity index (χ0) is 26.5. The number of benzene rings is 2. The van der Waals surface area contributed by atoms with Crippen molar-refractivity contribution in [2.45, 2.75) is 19.9 Å². The van der Waals surface area contributed by atoms with Crippen molar-refractivity contribution in [2.75, 3.05) is 24.3 Å². The zero-order valence-electron chi connectivity index (χ0n) is 21.3. The molecule has 30 heavy (non-hydrogen) atoms. The summed E-state index contributed by atoms with van der Waals surface area (Å²) in [6.07, 6.45) is -3.78. The van der Waals surface area contributed by atoms with Crippen molar-refractivity contribution in [3.63, 3.8) is 0 Å². The maximum Gasteiger partial charge on any atom is 0.264 e. The Morgan fingerprint density at radius 1 is 1.27 bits per heavy atom. The number of methoxy groups -OCH3 is 1. The van der Waals surface area contributed by atoms with Crippen molar-refractivity contribution >= 4 is 33.2 Å². The van der Waals surface area contributed by atoms with Gasteiger partial charge >= 0.3 is 0 Å². The van der Waals surface area contributed by atoms with E-state index in [-0.39, 0.29) is 22.4 Å². The van der Waals surface area contributed by atoms with E-state index in [4.69, 9.17) is 11.6 Å². The molecule has 0 spiro atoms. The minimum atomic E-state index is -5.57. The molecular formula is C21H22N2O6S. The molecule has 9 heteroatoms. The van der Waals surface area contributed by atoms with E-state index in [1.165, 1.54) is 50.4 Å². The molecule has 1 aliphatic rings.